The van der Waals surface area contributed by atoms with Crippen LogP contribution in [0.4, 0.5) is 0 Å². The number of para-hydroxylation sites is 2. The van der Waals surface area contributed by atoms with E-state index in [1.165, 1.54) is 16.7 Å². The smallest absolute Gasteiger partial charge is 0.265 e. The van der Waals surface area contributed by atoms with E-state index in [0.29, 0.717) is 28.2 Å². The van der Waals surface area contributed by atoms with Gasteiger partial charge in [0, 0.05) is 12.6 Å². The minimum Gasteiger partial charge on any atom is -0.490 e. The number of thiocarbonyl (C=S) groups is 1. The molecule has 0 spiro atoms. The van der Waals surface area contributed by atoms with E-state index in [1.54, 1.807) is 7.05 Å². The monoisotopic (exact) mass is 371 g/mol. The zero-order valence-corrected chi connectivity index (χ0v) is 15.3. The third kappa shape index (κ3) is 4.41. The van der Waals surface area contributed by atoms with Crippen LogP contribution < -0.4 is 9.47 Å². The summed E-state index contributed by atoms with van der Waals surface area (Å²) >= 11 is 6.46. The van der Waals surface area contributed by atoms with Gasteiger partial charge in [-0.15, -0.1) is 0 Å². The predicted octanol–water partition coefficient (Wildman–Crippen LogP) is 3.98. The quantitative estimate of drug-likeness (QED) is 0.436. The molecule has 2 aromatic carbocycles. The van der Waals surface area contributed by atoms with Crippen molar-refractivity contribution in [1.29, 1.82) is 0 Å². The largest absolute Gasteiger partial charge is 0.490 e. The maximum atomic E-state index is 12.1. The van der Waals surface area contributed by atoms with Crippen molar-refractivity contribution in [1.82, 2.24) is 4.90 Å². The van der Waals surface area contributed by atoms with Gasteiger partial charge in [-0.2, -0.15) is 0 Å². The van der Waals surface area contributed by atoms with Crippen LogP contribution in [0.2, 0.25) is 0 Å². The molecule has 1 fully saturated rings. The molecule has 4 nitrogen and oxygen atoms in total. The molecule has 0 saturated carbocycles. The summed E-state index contributed by atoms with van der Waals surface area (Å²) in [7, 11) is 1.68. The standard InChI is InChI=1S/C19H17NO3S2/c1-20-18(21)17(25-19(20)24)13-14-7-5-6-10-16(14)23-12-11-22-15-8-3-2-4-9-15/h2-10,13H,11-12H2,1H3/b17-13-. The van der Waals surface area contributed by atoms with Gasteiger partial charge in [-0.05, 0) is 24.3 Å². The van der Waals surface area contributed by atoms with Crippen molar-refractivity contribution in [3.8, 4) is 11.5 Å². The number of nitrogens with zero attached hydrogens (tertiary/aromatic N) is 1. The minimum absolute atomic E-state index is 0.0859. The Hall–Kier alpha value is -2.31. The molecule has 3 rings (SSSR count). The van der Waals surface area contributed by atoms with E-state index in [0.717, 1.165) is 11.3 Å². The number of likely N-dealkylation sites (N-methyl/N-ethyl adjacent to an activating group) is 1. The maximum Gasteiger partial charge on any atom is 0.265 e. The summed E-state index contributed by atoms with van der Waals surface area (Å²) in [6, 6.07) is 17.2. The van der Waals surface area contributed by atoms with Gasteiger partial charge in [-0.25, -0.2) is 0 Å². The van der Waals surface area contributed by atoms with Gasteiger partial charge in [0.1, 0.15) is 29.0 Å². The molecule has 0 radical (unpaired) electrons. The summed E-state index contributed by atoms with van der Waals surface area (Å²) in [5.41, 5.74) is 0.844. The van der Waals surface area contributed by atoms with Crippen molar-refractivity contribution in [3.63, 3.8) is 0 Å². The van der Waals surface area contributed by atoms with Crippen LogP contribution in [-0.4, -0.2) is 35.4 Å². The lowest BCUT2D eigenvalue weighted by Crippen LogP contribution is -2.22. The van der Waals surface area contributed by atoms with Crippen LogP contribution in [0.25, 0.3) is 6.08 Å². The molecule has 1 aliphatic heterocycles. The van der Waals surface area contributed by atoms with Crippen LogP contribution in [0.3, 0.4) is 0 Å². The molecular formula is C19H17NO3S2. The number of carbonyl (C=O) groups excluding carboxylic acids is 1. The summed E-state index contributed by atoms with van der Waals surface area (Å²) in [6.07, 6.45) is 1.82. The fourth-order valence-electron chi connectivity index (χ4n) is 2.25. The SMILES string of the molecule is CN1C(=O)/C(=C/c2ccccc2OCCOc2ccccc2)SC1=S. The number of amides is 1. The van der Waals surface area contributed by atoms with Gasteiger partial charge in [0.05, 0.1) is 4.91 Å². The molecule has 6 heteroatoms. The fraction of sp³-hybridized carbons (Fsp3) is 0.158. The Balaban J connectivity index is 1.63. The predicted molar refractivity (Wildman–Crippen MR) is 105 cm³/mol. The first kappa shape index (κ1) is 17.5. The van der Waals surface area contributed by atoms with Crippen molar-refractivity contribution in [3.05, 3.63) is 65.1 Å². The lowest BCUT2D eigenvalue weighted by molar-refractivity contribution is -0.121. The van der Waals surface area contributed by atoms with Gasteiger partial charge < -0.3 is 9.47 Å². The molecule has 1 aliphatic rings. The Morgan fingerprint density at radius 1 is 1.04 bits per heavy atom. The second-order valence-corrected chi connectivity index (χ2v) is 6.96. The third-order valence-corrected chi connectivity index (χ3v) is 5.03. The molecule has 0 aromatic heterocycles. The second kappa shape index (κ2) is 8.18. The molecule has 25 heavy (non-hydrogen) atoms. The highest BCUT2D eigenvalue weighted by Gasteiger charge is 2.28. The molecular weight excluding hydrogens is 354 g/mol. The molecule has 0 bridgehead atoms. The Kier molecular flexibility index (Phi) is 5.73. The summed E-state index contributed by atoms with van der Waals surface area (Å²) < 4.78 is 12.0. The Bertz CT molecular complexity index is 805. The molecule has 0 N–H and O–H groups in total. The fourth-order valence-corrected chi connectivity index (χ4v) is 3.42. The lowest BCUT2D eigenvalue weighted by atomic mass is 10.2. The van der Waals surface area contributed by atoms with Crippen molar-refractivity contribution in [2.24, 2.45) is 0 Å². The molecule has 0 aliphatic carbocycles. The van der Waals surface area contributed by atoms with Crippen molar-refractivity contribution < 1.29 is 14.3 Å². The average Bonchev–Trinajstić information content (AvgIpc) is 2.88. The molecule has 1 saturated heterocycles. The van der Waals surface area contributed by atoms with Crippen molar-refractivity contribution in [2.45, 2.75) is 0 Å². The third-order valence-electron chi connectivity index (χ3n) is 3.54. The van der Waals surface area contributed by atoms with Crippen LogP contribution in [-0.2, 0) is 4.79 Å². The van der Waals surface area contributed by atoms with E-state index in [2.05, 4.69) is 0 Å². The van der Waals surface area contributed by atoms with Crippen LogP contribution in [0.15, 0.2) is 59.5 Å². The summed E-state index contributed by atoms with van der Waals surface area (Å²) in [6.45, 7) is 0.851. The Morgan fingerprint density at radius 2 is 1.72 bits per heavy atom. The summed E-state index contributed by atoms with van der Waals surface area (Å²) in [5, 5.41) is 0. The first-order valence-electron chi connectivity index (χ1n) is 7.76. The van der Waals surface area contributed by atoms with E-state index < -0.39 is 0 Å². The summed E-state index contributed by atoms with van der Waals surface area (Å²) in [5.74, 6) is 1.43. The molecule has 128 valence electrons. The van der Waals surface area contributed by atoms with Crippen molar-refractivity contribution >= 4 is 40.3 Å². The van der Waals surface area contributed by atoms with Gasteiger partial charge in [0.15, 0.2) is 0 Å². The van der Waals surface area contributed by atoms with Gasteiger partial charge in [-0.1, -0.05) is 60.4 Å². The second-order valence-electron chi connectivity index (χ2n) is 5.29. The molecule has 1 amide bonds. The van der Waals surface area contributed by atoms with Crippen LogP contribution in [0, 0.1) is 0 Å². The number of hydrogen-bond acceptors (Lipinski definition) is 5. The van der Waals surface area contributed by atoms with Gasteiger partial charge in [0.25, 0.3) is 5.91 Å². The van der Waals surface area contributed by atoms with Gasteiger partial charge >= 0.3 is 0 Å². The molecule has 2 aromatic rings. The van der Waals surface area contributed by atoms with E-state index in [1.807, 2.05) is 60.7 Å². The van der Waals surface area contributed by atoms with E-state index >= 15 is 0 Å². The normalized spacial score (nSPS) is 15.7. The minimum atomic E-state index is -0.0859. The van der Waals surface area contributed by atoms with Crippen LogP contribution >= 0.6 is 24.0 Å². The maximum absolute atomic E-state index is 12.1. The van der Waals surface area contributed by atoms with Gasteiger partial charge in [-0.3, -0.25) is 9.69 Å². The first-order chi connectivity index (χ1) is 12.1. The van der Waals surface area contributed by atoms with E-state index in [-0.39, 0.29) is 5.91 Å². The Morgan fingerprint density at radius 3 is 2.44 bits per heavy atom. The first-order valence-corrected chi connectivity index (χ1v) is 8.99. The highest BCUT2D eigenvalue weighted by atomic mass is 32.2. The molecule has 0 atom stereocenters. The number of carbonyl (C=O) groups is 1. The number of hydrogen-bond donors (Lipinski definition) is 0. The molecule has 1 heterocycles. The topological polar surface area (TPSA) is 38.8 Å². The van der Waals surface area contributed by atoms with E-state index in [4.69, 9.17) is 21.7 Å². The highest BCUT2D eigenvalue weighted by Crippen LogP contribution is 2.33. The van der Waals surface area contributed by atoms with E-state index in [9.17, 15) is 4.79 Å². The zero-order chi connectivity index (χ0) is 17.6. The zero-order valence-electron chi connectivity index (χ0n) is 13.7. The number of ether oxygens (including phenoxy) is 2. The Labute approximate surface area is 156 Å². The van der Waals surface area contributed by atoms with Crippen LogP contribution in [0.5, 0.6) is 11.5 Å². The number of thioether (sulfide) groups is 1. The van der Waals surface area contributed by atoms with Gasteiger partial charge in [0.2, 0.25) is 0 Å². The van der Waals surface area contributed by atoms with Crippen LogP contribution in [0.1, 0.15) is 5.56 Å². The number of benzene rings is 2. The average molecular weight is 371 g/mol. The highest BCUT2D eigenvalue weighted by molar-refractivity contribution is 8.26. The number of rotatable bonds is 6. The molecule has 0 unspecified atom stereocenters. The summed E-state index contributed by atoms with van der Waals surface area (Å²) in [4.78, 5) is 14.2. The van der Waals surface area contributed by atoms with Crippen molar-refractivity contribution in [2.75, 3.05) is 20.3 Å². The lowest BCUT2D eigenvalue weighted by Gasteiger charge is -2.10.